The minimum Gasteiger partial charge on any atom is -0.459 e. The van der Waals surface area contributed by atoms with Crippen molar-refractivity contribution in [1.29, 1.82) is 0 Å². The number of hydrogen-bond donors (Lipinski definition) is 5. The zero-order chi connectivity index (χ0) is 53.9. The lowest BCUT2D eigenvalue weighted by Crippen LogP contribution is -2.60. The third-order valence-electron chi connectivity index (χ3n) is 15.7. The van der Waals surface area contributed by atoms with E-state index in [1.807, 2.05) is 43.8 Å². The Morgan fingerprint density at radius 1 is 0.973 bits per heavy atom. The molecule has 6 rings (SSSR count). The molecule has 0 bridgehead atoms. The summed E-state index contributed by atoms with van der Waals surface area (Å²) in [5, 5.41) is 68.1. The number of hydrogen-bond acceptors (Lipinski definition) is 18. The van der Waals surface area contributed by atoms with Gasteiger partial charge >= 0.3 is 12.1 Å². The number of likely N-dealkylation sites (N-methyl/N-ethyl adjacent to an activating group) is 2. The van der Waals surface area contributed by atoms with Gasteiger partial charge in [0.25, 0.3) is 0 Å². The highest BCUT2D eigenvalue weighted by molar-refractivity contribution is 5.89. The molecule has 0 saturated carbocycles. The molecule has 1 aromatic heterocycles. The summed E-state index contributed by atoms with van der Waals surface area (Å²) in [6.07, 6.45) is -5.13. The van der Waals surface area contributed by atoms with E-state index in [0.29, 0.717) is 30.9 Å². The van der Waals surface area contributed by atoms with E-state index >= 15 is 0 Å². The van der Waals surface area contributed by atoms with Crippen LogP contribution in [0.5, 0.6) is 0 Å². The van der Waals surface area contributed by atoms with Crippen LogP contribution in [0.2, 0.25) is 0 Å². The predicted molar refractivity (Wildman–Crippen MR) is 266 cm³/mol. The van der Waals surface area contributed by atoms with Crippen LogP contribution in [0.3, 0.4) is 0 Å². The van der Waals surface area contributed by atoms with Crippen LogP contribution in [0.1, 0.15) is 101 Å². The van der Waals surface area contributed by atoms with Gasteiger partial charge in [0.2, 0.25) is 0 Å². The number of nitrogens with zero attached hydrogens (tertiary/aromatic N) is 6. The molecule has 4 fully saturated rings. The minimum absolute atomic E-state index is 0.0836. The van der Waals surface area contributed by atoms with Crippen molar-refractivity contribution in [2.45, 2.75) is 198 Å². The maximum Gasteiger partial charge on any atom is 0.414 e. The Bertz CT molecular complexity index is 2170. The van der Waals surface area contributed by atoms with E-state index in [1.54, 1.807) is 71.5 Å². The van der Waals surface area contributed by atoms with Crippen LogP contribution in [-0.4, -0.2) is 200 Å². The summed E-state index contributed by atoms with van der Waals surface area (Å²) in [7, 11) is 5.19. The molecule has 4 saturated heterocycles. The van der Waals surface area contributed by atoms with Crippen molar-refractivity contribution < 1.29 is 72.7 Å². The number of ether oxygens (including phenoxy) is 7. The van der Waals surface area contributed by atoms with E-state index in [0.717, 1.165) is 0 Å². The van der Waals surface area contributed by atoms with Gasteiger partial charge in [-0.05, 0) is 112 Å². The van der Waals surface area contributed by atoms with Crippen LogP contribution < -0.4 is 4.90 Å². The SMILES string of the molecule is CC[C@H]1OC(=O)[C@H](C)[C@@H](O[C@H]2C[C@@](C)(OC)[C@@H](O)[C@H](C)O2)[C@H](C)[C@@H](O[C@@H]2O[C@H](C)C[C@H](N(C)CC=Cc3cn(C[C@H]4CN(c5cccc(F)c5)C(=O)O4)nn3)[C@H]2O)[C@](C)(O)C[C@@H](C)CN(C)[C@H](C)[C@@H](O)[C@]1(C)O. The van der Waals surface area contributed by atoms with Gasteiger partial charge in [0, 0.05) is 44.6 Å². The summed E-state index contributed by atoms with van der Waals surface area (Å²) < 4.78 is 59.1. The fourth-order valence-corrected chi connectivity index (χ4v) is 11.3. The molecular weight excluding hydrogens is 952 g/mol. The molecule has 5 N–H and O–H groups in total. The van der Waals surface area contributed by atoms with Crippen molar-refractivity contribution in [2.24, 2.45) is 17.8 Å². The number of aromatic nitrogens is 3. The summed E-state index contributed by atoms with van der Waals surface area (Å²) >= 11 is 0. The van der Waals surface area contributed by atoms with Crippen molar-refractivity contribution in [3.8, 4) is 0 Å². The molecule has 1 aromatic carbocycles. The van der Waals surface area contributed by atoms with Gasteiger partial charge in [-0.1, -0.05) is 38.1 Å². The molecule has 2 aromatic rings. The number of cyclic esters (lactones) is 2. The fraction of sp³-hybridized carbons (Fsp3) is 0.769. The van der Waals surface area contributed by atoms with E-state index in [2.05, 4.69) is 10.3 Å². The van der Waals surface area contributed by atoms with Crippen LogP contribution in [0, 0.1) is 23.6 Å². The first kappa shape index (κ1) is 58.5. The second kappa shape index (κ2) is 24.1. The zero-order valence-corrected chi connectivity index (χ0v) is 44.9. The van der Waals surface area contributed by atoms with E-state index in [9.17, 15) is 39.5 Å². The van der Waals surface area contributed by atoms with Crippen LogP contribution in [0.25, 0.3) is 6.08 Å². The normalized spacial score (nSPS) is 40.9. The Morgan fingerprint density at radius 3 is 2.36 bits per heavy atom. The number of rotatable bonds is 13. The molecule has 4 aliphatic rings. The molecule has 1 amide bonds. The standard InChI is InChI=1S/C52H83FN6O14/c1-14-40-52(10,66)44(61)33(6)57(12)25-29(2)23-50(8,65)46(31(4)43(32(5)47(63)71-40)72-41-24-51(9,67-13)45(62)34(7)69-41)73-48-42(60)39(21-30(3)68-48)56(11)20-16-18-36-26-58(55-54-36)27-38-28-59(49(64)70-38)37-19-15-17-35(53)22-37/h15-19,22,26,29-34,38-46,48,60-62,65-66H,14,20-21,23-25,27-28H2,1-13H3/t29-,30-,31+,32-,33-,34+,38+,39+,40-,41+,42-,43+,44-,45+,46-,48+,50-,51-,52-/m1/s1. The number of aliphatic hydroxyl groups is 5. The van der Waals surface area contributed by atoms with Gasteiger partial charge in [0.05, 0.1) is 66.5 Å². The number of anilines is 1. The highest BCUT2D eigenvalue weighted by Gasteiger charge is 2.53. The van der Waals surface area contributed by atoms with Gasteiger partial charge in [-0.3, -0.25) is 14.6 Å². The maximum atomic E-state index is 14.5. The van der Waals surface area contributed by atoms with E-state index in [-0.39, 0.29) is 38.3 Å². The molecule has 20 nitrogen and oxygen atoms in total. The lowest BCUT2D eigenvalue weighted by Gasteiger charge is -2.49. The molecule has 0 aliphatic carbocycles. The lowest BCUT2D eigenvalue weighted by molar-refractivity contribution is -0.318. The zero-order valence-electron chi connectivity index (χ0n) is 44.9. The molecule has 5 heterocycles. The molecular formula is C52H83FN6O14. The number of carbonyl (C=O) groups is 2. The molecule has 0 spiro atoms. The molecule has 412 valence electrons. The van der Waals surface area contributed by atoms with Crippen molar-refractivity contribution in [2.75, 3.05) is 45.7 Å². The molecule has 4 aliphatic heterocycles. The summed E-state index contributed by atoms with van der Waals surface area (Å²) in [6.45, 7) is 18.6. The number of benzene rings is 1. The Hall–Kier alpha value is -3.71. The molecule has 19 atom stereocenters. The average Bonchev–Trinajstić information content (AvgIpc) is 3.94. The Kier molecular flexibility index (Phi) is 19.3. The molecule has 21 heteroatoms. The lowest BCUT2D eigenvalue weighted by atomic mass is 9.77. The van der Waals surface area contributed by atoms with Gasteiger partial charge in [-0.2, -0.15) is 0 Å². The van der Waals surface area contributed by atoms with E-state index in [4.69, 9.17) is 33.2 Å². The first-order chi connectivity index (χ1) is 34.2. The number of methoxy groups -OCH3 is 1. The van der Waals surface area contributed by atoms with E-state index in [1.165, 1.54) is 37.1 Å². The van der Waals surface area contributed by atoms with Gasteiger partial charge in [-0.15, -0.1) is 5.10 Å². The highest BCUT2D eigenvalue weighted by atomic mass is 19.1. The number of aliphatic hydroxyl groups excluding tert-OH is 3. The Balaban J connectivity index is 1.23. The first-order valence-electron chi connectivity index (χ1n) is 25.8. The number of halogens is 1. The van der Waals surface area contributed by atoms with Gasteiger partial charge in [0.15, 0.2) is 12.6 Å². The molecule has 73 heavy (non-hydrogen) atoms. The number of carbonyl (C=O) groups excluding carboxylic acids is 2. The second-order valence-corrected chi connectivity index (χ2v) is 22.0. The third-order valence-corrected chi connectivity index (χ3v) is 15.7. The smallest absolute Gasteiger partial charge is 0.414 e. The van der Waals surface area contributed by atoms with Crippen LogP contribution in [0.4, 0.5) is 14.9 Å². The van der Waals surface area contributed by atoms with Gasteiger partial charge in [0.1, 0.15) is 47.6 Å². The van der Waals surface area contributed by atoms with Crippen molar-refractivity contribution in [3.05, 3.63) is 48.0 Å². The number of esters is 1. The summed E-state index contributed by atoms with van der Waals surface area (Å²) in [5.74, 6) is -3.33. The predicted octanol–water partition coefficient (Wildman–Crippen LogP) is 3.74. The number of amides is 1. The van der Waals surface area contributed by atoms with Gasteiger partial charge in [-0.25, -0.2) is 13.9 Å². The van der Waals surface area contributed by atoms with Crippen molar-refractivity contribution in [1.82, 2.24) is 24.8 Å². The van der Waals surface area contributed by atoms with Crippen LogP contribution >= 0.6 is 0 Å². The highest BCUT2D eigenvalue weighted by Crippen LogP contribution is 2.40. The van der Waals surface area contributed by atoms with Crippen LogP contribution in [0.15, 0.2) is 36.5 Å². The monoisotopic (exact) mass is 1030 g/mol. The van der Waals surface area contributed by atoms with E-state index < -0.39 is 126 Å². The summed E-state index contributed by atoms with van der Waals surface area (Å²) in [6, 6.07) is 4.68. The van der Waals surface area contributed by atoms with Gasteiger partial charge < -0.3 is 63.6 Å². The maximum absolute atomic E-state index is 14.5. The quantitative estimate of drug-likeness (QED) is 0.180. The molecule has 0 radical (unpaired) electrons. The topological polar surface area (TPSA) is 240 Å². The molecule has 0 unspecified atom stereocenters. The summed E-state index contributed by atoms with van der Waals surface area (Å²) in [4.78, 5) is 32.3. The fourth-order valence-electron chi connectivity index (χ4n) is 11.3. The second-order valence-electron chi connectivity index (χ2n) is 22.0. The Labute approximate surface area is 429 Å². The largest absolute Gasteiger partial charge is 0.459 e. The Morgan fingerprint density at radius 2 is 1.68 bits per heavy atom. The first-order valence-corrected chi connectivity index (χ1v) is 25.8. The van der Waals surface area contributed by atoms with Crippen LogP contribution in [-0.2, 0) is 44.5 Å². The average molecular weight is 1040 g/mol. The summed E-state index contributed by atoms with van der Waals surface area (Å²) in [5.41, 5.74) is -3.63. The van der Waals surface area contributed by atoms with Crippen molar-refractivity contribution >= 4 is 23.8 Å². The van der Waals surface area contributed by atoms with Crippen molar-refractivity contribution in [3.63, 3.8) is 0 Å². The minimum atomic E-state index is -1.85. The third kappa shape index (κ3) is 13.6.